The van der Waals surface area contributed by atoms with E-state index >= 15 is 0 Å². The Morgan fingerprint density at radius 1 is 1.32 bits per heavy atom. The molecule has 0 radical (unpaired) electrons. The van der Waals surface area contributed by atoms with Crippen LogP contribution in [0.1, 0.15) is 16.8 Å². The summed E-state index contributed by atoms with van der Waals surface area (Å²) < 4.78 is 13.3. The van der Waals surface area contributed by atoms with Crippen LogP contribution in [-0.2, 0) is 0 Å². The van der Waals surface area contributed by atoms with Gasteiger partial charge in [-0.05, 0) is 31.2 Å². The maximum Gasteiger partial charge on any atom is 0.252 e. The van der Waals surface area contributed by atoms with Gasteiger partial charge < -0.3 is 15.6 Å². The average Bonchev–Trinajstić information content (AvgIpc) is 2.52. The molecule has 0 saturated carbocycles. The van der Waals surface area contributed by atoms with Crippen molar-refractivity contribution in [1.29, 1.82) is 0 Å². The quantitative estimate of drug-likeness (QED) is 0.749. The van der Waals surface area contributed by atoms with E-state index in [1.54, 1.807) is 0 Å². The Balaban J connectivity index is 1.87. The molecule has 1 aromatic carbocycles. The normalized spacial score (nSPS) is 14.7. The number of aromatic amines is 1. The Bertz CT molecular complexity index is 811. The molecule has 2 aromatic rings. The number of pyridine rings is 1. The van der Waals surface area contributed by atoms with E-state index in [2.05, 4.69) is 21.7 Å². The molecule has 1 aromatic heterocycles. The fourth-order valence-corrected chi connectivity index (χ4v) is 2.54. The number of hydrogen-bond acceptors (Lipinski definition) is 3. The summed E-state index contributed by atoms with van der Waals surface area (Å²) in [5, 5.41) is 6.55. The second-order valence-corrected chi connectivity index (χ2v) is 5.24. The minimum atomic E-state index is -0.458. The maximum absolute atomic E-state index is 13.3. The van der Waals surface area contributed by atoms with Gasteiger partial charge in [0.15, 0.2) is 0 Å². The molecule has 3 N–H and O–H groups in total. The molecule has 0 unspecified atom stereocenters. The summed E-state index contributed by atoms with van der Waals surface area (Å²) in [5.74, 6) is -0.789. The number of H-pyrrole nitrogens is 1. The van der Waals surface area contributed by atoms with Crippen molar-refractivity contribution in [3.63, 3.8) is 0 Å². The molecule has 1 aliphatic heterocycles. The van der Waals surface area contributed by atoms with E-state index in [0.29, 0.717) is 17.4 Å². The highest BCUT2D eigenvalue weighted by Gasteiger charge is 2.13. The van der Waals surface area contributed by atoms with Gasteiger partial charge in [0, 0.05) is 24.5 Å². The van der Waals surface area contributed by atoms with E-state index in [-0.39, 0.29) is 11.5 Å². The van der Waals surface area contributed by atoms with Crippen LogP contribution in [0.5, 0.6) is 0 Å². The van der Waals surface area contributed by atoms with Crippen molar-refractivity contribution in [3.05, 3.63) is 57.6 Å². The molecule has 2 heterocycles. The number of nitrogens with one attached hydrogen (secondary N) is 3. The van der Waals surface area contributed by atoms with E-state index in [4.69, 9.17) is 0 Å². The fraction of sp³-hybridized carbons (Fsp3) is 0.250. The molecule has 3 rings (SSSR count). The Kier molecular flexibility index (Phi) is 4.02. The van der Waals surface area contributed by atoms with Crippen molar-refractivity contribution >= 4 is 16.8 Å². The number of carbonyl (C=O) groups is 1. The van der Waals surface area contributed by atoms with Gasteiger partial charge in [0.2, 0.25) is 5.56 Å². The van der Waals surface area contributed by atoms with Gasteiger partial charge in [-0.2, -0.15) is 0 Å². The lowest BCUT2D eigenvalue weighted by molar-refractivity contribution is 0.0958. The van der Waals surface area contributed by atoms with E-state index in [0.717, 1.165) is 25.1 Å². The first kappa shape index (κ1) is 14.5. The first-order valence-electron chi connectivity index (χ1n) is 7.13. The molecule has 1 amide bonds. The molecular weight excluding hydrogens is 285 g/mol. The molecule has 0 atom stereocenters. The van der Waals surface area contributed by atoms with E-state index in [1.807, 2.05) is 0 Å². The number of benzene rings is 1. The van der Waals surface area contributed by atoms with E-state index < -0.39 is 11.4 Å². The highest BCUT2D eigenvalue weighted by atomic mass is 19.1. The van der Waals surface area contributed by atoms with Crippen LogP contribution in [0.25, 0.3) is 10.9 Å². The highest BCUT2D eigenvalue weighted by Crippen LogP contribution is 2.16. The molecule has 22 heavy (non-hydrogen) atoms. The smallest absolute Gasteiger partial charge is 0.252 e. The van der Waals surface area contributed by atoms with Crippen LogP contribution in [0.4, 0.5) is 4.39 Å². The predicted octanol–water partition coefficient (Wildman–Crippen LogP) is 1.32. The van der Waals surface area contributed by atoms with Crippen LogP contribution in [-0.4, -0.2) is 30.5 Å². The van der Waals surface area contributed by atoms with Crippen LogP contribution < -0.4 is 16.2 Å². The van der Waals surface area contributed by atoms with Gasteiger partial charge in [-0.3, -0.25) is 9.59 Å². The molecule has 0 spiro atoms. The monoisotopic (exact) mass is 301 g/mol. The summed E-state index contributed by atoms with van der Waals surface area (Å²) in [6, 6.07) is 5.22. The van der Waals surface area contributed by atoms with Crippen LogP contribution in [0.15, 0.2) is 40.7 Å². The van der Waals surface area contributed by atoms with E-state index in [9.17, 15) is 14.0 Å². The summed E-state index contributed by atoms with van der Waals surface area (Å²) in [6.45, 7) is 2.16. The van der Waals surface area contributed by atoms with Gasteiger partial charge in [0.1, 0.15) is 5.82 Å². The van der Waals surface area contributed by atoms with Gasteiger partial charge in [-0.25, -0.2) is 4.39 Å². The molecule has 0 bridgehead atoms. The van der Waals surface area contributed by atoms with Crippen molar-refractivity contribution in [2.75, 3.05) is 19.6 Å². The molecule has 1 aliphatic rings. The zero-order chi connectivity index (χ0) is 15.5. The van der Waals surface area contributed by atoms with Crippen molar-refractivity contribution in [2.24, 2.45) is 0 Å². The topological polar surface area (TPSA) is 74.0 Å². The van der Waals surface area contributed by atoms with Gasteiger partial charge in [-0.1, -0.05) is 11.6 Å². The number of hydrogen-bond donors (Lipinski definition) is 3. The van der Waals surface area contributed by atoms with E-state index in [1.165, 1.54) is 24.3 Å². The first-order chi connectivity index (χ1) is 10.6. The average molecular weight is 301 g/mol. The van der Waals surface area contributed by atoms with Gasteiger partial charge in [0.05, 0.1) is 11.1 Å². The lowest BCUT2D eigenvalue weighted by Crippen LogP contribution is -2.30. The number of fused-ring (bicyclic) bond motifs is 1. The zero-order valence-corrected chi connectivity index (χ0v) is 11.9. The Morgan fingerprint density at radius 2 is 2.18 bits per heavy atom. The Morgan fingerprint density at radius 3 is 2.95 bits per heavy atom. The van der Waals surface area contributed by atoms with Crippen LogP contribution in [0.2, 0.25) is 0 Å². The third-order valence-corrected chi connectivity index (χ3v) is 3.68. The summed E-state index contributed by atoms with van der Waals surface area (Å²) in [5.41, 5.74) is 1.31. The number of carbonyl (C=O) groups excluding carboxylic acids is 1. The molecule has 6 heteroatoms. The lowest BCUT2D eigenvalue weighted by Gasteiger charge is -2.15. The summed E-state index contributed by atoms with van der Waals surface area (Å²) in [7, 11) is 0. The Hall–Kier alpha value is -2.47. The molecule has 114 valence electrons. The first-order valence-corrected chi connectivity index (χ1v) is 7.13. The number of rotatable bonds is 3. The standard InChI is InChI=1S/C16H16FN3O2/c17-11-1-2-12-13(8-15(21)20-14(12)7-11)16(22)19-9-10-3-5-18-6-4-10/h1-3,7-8,18H,4-6,9H2,(H,19,22)(H,20,21). The number of amides is 1. The molecule has 5 nitrogen and oxygen atoms in total. The van der Waals surface area contributed by atoms with Gasteiger partial charge in [0.25, 0.3) is 5.91 Å². The molecule has 0 aliphatic carbocycles. The predicted molar refractivity (Wildman–Crippen MR) is 82.4 cm³/mol. The summed E-state index contributed by atoms with van der Waals surface area (Å²) in [6.07, 6.45) is 2.94. The van der Waals surface area contributed by atoms with Gasteiger partial charge in [-0.15, -0.1) is 0 Å². The summed E-state index contributed by atoms with van der Waals surface area (Å²) >= 11 is 0. The Labute approximate surface area is 126 Å². The fourth-order valence-electron chi connectivity index (χ4n) is 2.54. The number of aromatic nitrogens is 1. The minimum Gasteiger partial charge on any atom is -0.348 e. The van der Waals surface area contributed by atoms with Crippen molar-refractivity contribution in [3.8, 4) is 0 Å². The van der Waals surface area contributed by atoms with Crippen molar-refractivity contribution in [1.82, 2.24) is 15.6 Å². The highest BCUT2D eigenvalue weighted by molar-refractivity contribution is 6.06. The summed E-state index contributed by atoms with van der Waals surface area (Å²) in [4.78, 5) is 26.5. The second kappa shape index (κ2) is 6.11. The van der Waals surface area contributed by atoms with Gasteiger partial charge >= 0.3 is 0 Å². The molecule has 0 fully saturated rings. The largest absolute Gasteiger partial charge is 0.348 e. The third kappa shape index (κ3) is 3.07. The minimum absolute atomic E-state index is 0.258. The second-order valence-electron chi connectivity index (χ2n) is 5.24. The number of halogens is 1. The third-order valence-electron chi connectivity index (χ3n) is 3.68. The van der Waals surface area contributed by atoms with Crippen molar-refractivity contribution in [2.45, 2.75) is 6.42 Å². The lowest BCUT2D eigenvalue weighted by atomic mass is 10.1. The molecular formula is C16H16FN3O2. The van der Waals surface area contributed by atoms with Crippen LogP contribution >= 0.6 is 0 Å². The molecule has 0 saturated heterocycles. The SMILES string of the molecule is O=C(NCC1=CCNCC1)c1cc(=O)[nH]c2cc(F)ccc12. The van der Waals surface area contributed by atoms with Crippen LogP contribution in [0, 0.1) is 5.82 Å². The van der Waals surface area contributed by atoms with Crippen LogP contribution in [0.3, 0.4) is 0 Å². The maximum atomic E-state index is 13.3. The zero-order valence-electron chi connectivity index (χ0n) is 11.9. The van der Waals surface area contributed by atoms with Crippen molar-refractivity contribution < 1.29 is 9.18 Å².